The summed E-state index contributed by atoms with van der Waals surface area (Å²) < 4.78 is 0. The van der Waals surface area contributed by atoms with Crippen molar-refractivity contribution in [1.29, 1.82) is 0 Å². The summed E-state index contributed by atoms with van der Waals surface area (Å²) in [7, 11) is 0. The van der Waals surface area contributed by atoms with Gasteiger partial charge in [-0.2, -0.15) is 0 Å². The molecule has 1 aliphatic heterocycles. The van der Waals surface area contributed by atoms with Crippen LogP contribution in [0.15, 0.2) is 59.5 Å². The summed E-state index contributed by atoms with van der Waals surface area (Å²) in [6.07, 6.45) is 0.500. The first kappa shape index (κ1) is 17.2. The topological polar surface area (TPSA) is 66.5 Å². The van der Waals surface area contributed by atoms with Crippen molar-refractivity contribution in [2.75, 3.05) is 17.2 Å². The van der Waals surface area contributed by atoms with Crippen molar-refractivity contribution in [3.63, 3.8) is 0 Å². The van der Waals surface area contributed by atoms with Gasteiger partial charge in [-0.25, -0.2) is 0 Å². The van der Waals surface area contributed by atoms with E-state index in [0.717, 1.165) is 5.75 Å². The predicted octanol–water partition coefficient (Wildman–Crippen LogP) is 2.86. The predicted molar refractivity (Wildman–Crippen MR) is 97.7 cm³/mol. The van der Waals surface area contributed by atoms with Crippen LogP contribution in [0.1, 0.15) is 23.2 Å². The molecule has 6 heteroatoms. The first-order chi connectivity index (χ1) is 12.1. The van der Waals surface area contributed by atoms with Crippen molar-refractivity contribution >= 4 is 35.2 Å². The fraction of sp³-hybridized carbons (Fsp3) is 0.211. The molecule has 3 rings (SSSR count). The second-order valence-electron chi connectivity index (χ2n) is 5.59. The maximum absolute atomic E-state index is 12.1. The van der Waals surface area contributed by atoms with Crippen LogP contribution in [0, 0.1) is 0 Å². The molecule has 0 bridgehead atoms. The Bertz CT molecular complexity index is 759. The Morgan fingerprint density at radius 1 is 0.960 bits per heavy atom. The zero-order chi connectivity index (χ0) is 17.6. The molecule has 128 valence electrons. The molecule has 5 nitrogen and oxygen atoms in total. The number of imide groups is 1. The minimum Gasteiger partial charge on any atom is -0.351 e. The molecule has 2 aromatic rings. The molecule has 1 aliphatic rings. The van der Waals surface area contributed by atoms with Crippen LogP contribution in [0.2, 0.25) is 0 Å². The average Bonchev–Trinajstić information content (AvgIpc) is 2.98. The van der Waals surface area contributed by atoms with Gasteiger partial charge in [0.2, 0.25) is 11.8 Å². The first-order valence-corrected chi connectivity index (χ1v) is 9.05. The molecule has 3 amide bonds. The van der Waals surface area contributed by atoms with Gasteiger partial charge in [0.25, 0.3) is 5.91 Å². The fourth-order valence-corrected chi connectivity index (χ4v) is 3.37. The molecule has 1 saturated heterocycles. The van der Waals surface area contributed by atoms with Crippen molar-refractivity contribution in [2.24, 2.45) is 0 Å². The van der Waals surface area contributed by atoms with Crippen molar-refractivity contribution in [2.45, 2.75) is 17.7 Å². The Morgan fingerprint density at radius 3 is 2.24 bits per heavy atom. The van der Waals surface area contributed by atoms with Crippen LogP contribution in [-0.2, 0) is 9.59 Å². The molecule has 25 heavy (non-hydrogen) atoms. The molecule has 0 aliphatic carbocycles. The molecule has 1 heterocycles. The number of thioether (sulfide) groups is 1. The third-order valence-electron chi connectivity index (χ3n) is 3.84. The number of carbonyl (C=O) groups is 3. The molecule has 1 N–H and O–H groups in total. The second-order valence-corrected chi connectivity index (χ2v) is 6.76. The lowest BCUT2D eigenvalue weighted by Crippen LogP contribution is -2.29. The molecule has 2 aromatic carbocycles. The van der Waals surface area contributed by atoms with E-state index < -0.39 is 0 Å². The number of benzene rings is 2. The van der Waals surface area contributed by atoms with Gasteiger partial charge in [0.15, 0.2) is 0 Å². The SMILES string of the molecule is O=C(NCCSc1ccccc1)c1ccc(N2C(=O)CCC2=O)cc1. The summed E-state index contributed by atoms with van der Waals surface area (Å²) in [5, 5.41) is 2.87. The van der Waals surface area contributed by atoms with Crippen LogP contribution < -0.4 is 10.2 Å². The molecule has 0 atom stereocenters. The number of amides is 3. The Labute approximate surface area is 150 Å². The Kier molecular flexibility index (Phi) is 5.50. The van der Waals surface area contributed by atoms with Gasteiger partial charge in [-0.3, -0.25) is 19.3 Å². The highest BCUT2D eigenvalue weighted by Crippen LogP contribution is 2.22. The highest BCUT2D eigenvalue weighted by molar-refractivity contribution is 7.99. The highest BCUT2D eigenvalue weighted by Gasteiger charge is 2.30. The number of hydrogen-bond acceptors (Lipinski definition) is 4. The van der Waals surface area contributed by atoms with E-state index in [1.807, 2.05) is 30.3 Å². The summed E-state index contributed by atoms with van der Waals surface area (Å²) in [4.78, 5) is 37.9. The van der Waals surface area contributed by atoms with Gasteiger partial charge in [0, 0.05) is 35.6 Å². The van der Waals surface area contributed by atoms with Gasteiger partial charge in [0.1, 0.15) is 0 Å². The fourth-order valence-electron chi connectivity index (χ4n) is 2.58. The normalized spacial score (nSPS) is 14.0. The quantitative estimate of drug-likeness (QED) is 0.492. The Morgan fingerprint density at radius 2 is 1.60 bits per heavy atom. The second kappa shape index (κ2) is 7.98. The highest BCUT2D eigenvalue weighted by atomic mass is 32.2. The zero-order valence-corrected chi connectivity index (χ0v) is 14.4. The van der Waals surface area contributed by atoms with Gasteiger partial charge >= 0.3 is 0 Å². The standard InChI is InChI=1S/C19H18N2O3S/c22-17-10-11-18(23)21(17)15-8-6-14(7-9-15)19(24)20-12-13-25-16-4-2-1-3-5-16/h1-9H,10-13H2,(H,20,24). The van der Waals surface area contributed by atoms with Gasteiger partial charge in [0.05, 0.1) is 5.69 Å². The lowest BCUT2D eigenvalue weighted by Gasteiger charge is -2.14. The first-order valence-electron chi connectivity index (χ1n) is 8.07. The lowest BCUT2D eigenvalue weighted by atomic mass is 10.2. The molecular weight excluding hydrogens is 336 g/mol. The Balaban J connectivity index is 1.51. The number of nitrogens with zero attached hydrogens (tertiary/aromatic N) is 1. The minimum absolute atomic E-state index is 0.167. The van der Waals surface area contributed by atoms with Gasteiger partial charge in [-0.15, -0.1) is 11.8 Å². The monoisotopic (exact) mass is 354 g/mol. The summed E-state index contributed by atoms with van der Waals surface area (Å²) >= 11 is 1.68. The maximum Gasteiger partial charge on any atom is 0.251 e. The van der Waals surface area contributed by atoms with Crippen LogP contribution >= 0.6 is 11.8 Å². The van der Waals surface area contributed by atoms with Crippen LogP contribution in [0.5, 0.6) is 0 Å². The van der Waals surface area contributed by atoms with E-state index in [2.05, 4.69) is 5.32 Å². The Hall–Kier alpha value is -2.60. The van der Waals surface area contributed by atoms with Crippen molar-refractivity contribution in [3.8, 4) is 0 Å². The maximum atomic E-state index is 12.1. The summed E-state index contributed by atoms with van der Waals surface area (Å²) in [6.45, 7) is 0.559. The van der Waals surface area contributed by atoms with Crippen LogP contribution in [-0.4, -0.2) is 30.0 Å². The number of nitrogens with one attached hydrogen (secondary N) is 1. The number of anilines is 1. The van der Waals surface area contributed by atoms with Gasteiger partial charge < -0.3 is 5.32 Å². The van der Waals surface area contributed by atoms with E-state index in [9.17, 15) is 14.4 Å². The van der Waals surface area contributed by atoms with E-state index in [0.29, 0.717) is 17.8 Å². The lowest BCUT2D eigenvalue weighted by molar-refractivity contribution is -0.121. The van der Waals surface area contributed by atoms with Crippen LogP contribution in [0.3, 0.4) is 0 Å². The number of carbonyl (C=O) groups excluding carboxylic acids is 3. The van der Waals surface area contributed by atoms with E-state index >= 15 is 0 Å². The van der Waals surface area contributed by atoms with Gasteiger partial charge in [-0.05, 0) is 36.4 Å². The molecule has 0 spiro atoms. The smallest absolute Gasteiger partial charge is 0.251 e. The molecule has 0 saturated carbocycles. The van der Waals surface area contributed by atoms with E-state index in [1.54, 1.807) is 36.0 Å². The molecule has 0 unspecified atom stereocenters. The van der Waals surface area contributed by atoms with Crippen molar-refractivity contribution in [1.82, 2.24) is 5.32 Å². The van der Waals surface area contributed by atoms with E-state index in [1.165, 1.54) is 9.80 Å². The van der Waals surface area contributed by atoms with Crippen molar-refractivity contribution < 1.29 is 14.4 Å². The zero-order valence-electron chi connectivity index (χ0n) is 13.6. The minimum atomic E-state index is -0.194. The van der Waals surface area contributed by atoms with Gasteiger partial charge in [-0.1, -0.05) is 18.2 Å². The van der Waals surface area contributed by atoms with E-state index in [4.69, 9.17) is 0 Å². The number of rotatable bonds is 6. The van der Waals surface area contributed by atoms with Crippen molar-refractivity contribution in [3.05, 3.63) is 60.2 Å². The molecular formula is C19H18N2O3S. The summed E-state index contributed by atoms with van der Waals surface area (Å²) in [5.74, 6) is 0.226. The summed E-state index contributed by atoms with van der Waals surface area (Å²) in [5.41, 5.74) is 1.02. The van der Waals surface area contributed by atoms with E-state index in [-0.39, 0.29) is 30.6 Å². The molecule has 0 radical (unpaired) electrons. The molecule has 1 fully saturated rings. The van der Waals surface area contributed by atoms with Crippen LogP contribution in [0.25, 0.3) is 0 Å². The third-order valence-corrected chi connectivity index (χ3v) is 4.85. The molecule has 0 aromatic heterocycles. The average molecular weight is 354 g/mol. The third kappa shape index (κ3) is 4.28. The van der Waals surface area contributed by atoms with Crippen LogP contribution in [0.4, 0.5) is 5.69 Å². The summed E-state index contributed by atoms with van der Waals surface area (Å²) in [6, 6.07) is 16.5. The number of hydrogen-bond donors (Lipinski definition) is 1. The largest absolute Gasteiger partial charge is 0.351 e.